The van der Waals surface area contributed by atoms with E-state index in [9.17, 15) is 32.7 Å². The number of benzene rings is 1. The number of aryl methyl sites for hydroxylation is 2. The molecule has 0 spiro atoms. The first-order chi connectivity index (χ1) is 27.0. The van der Waals surface area contributed by atoms with Crippen molar-refractivity contribution in [1.82, 2.24) is 35.0 Å². The van der Waals surface area contributed by atoms with Gasteiger partial charge in [-0.2, -0.15) is 5.10 Å². The van der Waals surface area contributed by atoms with Crippen molar-refractivity contribution in [1.29, 1.82) is 0 Å². The molecule has 3 fully saturated rings. The summed E-state index contributed by atoms with van der Waals surface area (Å²) in [4.78, 5) is 62.5. The fraction of sp³-hybridized carbons (Fsp3) is 0.550. The van der Waals surface area contributed by atoms with Crippen LogP contribution in [0.25, 0.3) is 10.9 Å². The standard InChI is InChI=1S/C40H51N7O9S/c1-23(2)55-33-20-32(27-13-14-31(48)24(3)34(27)42-33)56-26-19-30-36(50)43-40(38(52)45-57(53,54)39(4)16-17-39)21-25(40)11-9-7-6-8-10-12-29(37(51)47(30)22-26)41-35(49)28-15-18-46(5)44-28/h9,11,13-15,18,20,23,25-26,29-30,48H,6-8,10,12,16-17,19,21-22H2,1-5H3,(H,41,49)(H,43,50)(H,45,52)/b11-9-/t25?,26-,29+,30+,40-/m1/s1. The molecule has 2 aliphatic carbocycles. The first-order valence-corrected chi connectivity index (χ1v) is 21.1. The van der Waals surface area contributed by atoms with Gasteiger partial charge in [-0.3, -0.25) is 28.6 Å². The van der Waals surface area contributed by atoms with Crippen LogP contribution in [0.5, 0.6) is 17.4 Å². The maximum absolute atomic E-state index is 14.7. The van der Waals surface area contributed by atoms with E-state index in [0.717, 1.165) is 12.8 Å². The highest BCUT2D eigenvalue weighted by Gasteiger charge is 2.63. The highest BCUT2D eigenvalue weighted by Crippen LogP contribution is 2.47. The molecular weight excluding hydrogens is 755 g/mol. The lowest BCUT2D eigenvalue weighted by atomic mass is 10.0. The Morgan fingerprint density at radius 2 is 1.89 bits per heavy atom. The van der Waals surface area contributed by atoms with E-state index >= 15 is 0 Å². The summed E-state index contributed by atoms with van der Waals surface area (Å²) in [6.45, 7) is 6.96. The number of allylic oxidation sites excluding steroid dienone is 1. The van der Waals surface area contributed by atoms with Gasteiger partial charge in [0.25, 0.3) is 11.8 Å². The molecule has 0 radical (unpaired) electrons. The fourth-order valence-electron chi connectivity index (χ4n) is 7.66. The third-order valence-electron chi connectivity index (χ3n) is 11.5. The number of phenols is 1. The number of carbonyl (C=O) groups is 4. The van der Waals surface area contributed by atoms with Gasteiger partial charge in [0, 0.05) is 42.6 Å². The van der Waals surface area contributed by atoms with Gasteiger partial charge < -0.3 is 30.1 Å². The van der Waals surface area contributed by atoms with E-state index in [1.807, 2.05) is 26.0 Å². The van der Waals surface area contributed by atoms with Gasteiger partial charge in [-0.05, 0) is 84.4 Å². The van der Waals surface area contributed by atoms with Crippen LogP contribution in [0.4, 0.5) is 0 Å². The van der Waals surface area contributed by atoms with Crippen LogP contribution in [0.15, 0.2) is 42.6 Å². The Hall–Kier alpha value is -5.19. The molecule has 2 aliphatic heterocycles. The minimum Gasteiger partial charge on any atom is -0.508 e. The van der Waals surface area contributed by atoms with Crippen LogP contribution in [-0.4, -0.2) is 97.9 Å². The number of nitrogens with zero attached hydrogens (tertiary/aromatic N) is 4. The lowest BCUT2D eigenvalue weighted by Crippen LogP contribution is -2.58. The third-order valence-corrected chi connectivity index (χ3v) is 13.7. The second-order valence-corrected chi connectivity index (χ2v) is 18.5. The van der Waals surface area contributed by atoms with Crippen molar-refractivity contribution in [3.63, 3.8) is 0 Å². The molecule has 4 heterocycles. The molecule has 17 heteroatoms. The number of phenolic OH excluding ortho intramolecular Hbond substituents is 1. The Bertz CT molecular complexity index is 2230. The van der Waals surface area contributed by atoms with E-state index in [1.54, 1.807) is 45.3 Å². The highest BCUT2D eigenvalue weighted by molar-refractivity contribution is 7.91. The van der Waals surface area contributed by atoms with Crippen molar-refractivity contribution in [2.45, 2.75) is 120 Å². The summed E-state index contributed by atoms with van der Waals surface area (Å²) in [5, 5.41) is 21.0. The maximum Gasteiger partial charge on any atom is 0.272 e. The van der Waals surface area contributed by atoms with E-state index < -0.39 is 68.0 Å². The number of fused-ring (bicyclic) bond motifs is 3. The second kappa shape index (κ2) is 15.3. The van der Waals surface area contributed by atoms with Crippen LogP contribution in [0.3, 0.4) is 0 Å². The number of carbonyl (C=O) groups excluding carboxylic acids is 4. The van der Waals surface area contributed by atoms with Crippen molar-refractivity contribution in [3.8, 4) is 17.4 Å². The lowest BCUT2D eigenvalue weighted by molar-refractivity contribution is -0.141. The summed E-state index contributed by atoms with van der Waals surface area (Å²) >= 11 is 0. The molecule has 57 heavy (non-hydrogen) atoms. The Kier molecular flexibility index (Phi) is 10.7. The quantitative estimate of drug-likeness (QED) is 0.231. The average molecular weight is 806 g/mol. The Morgan fingerprint density at radius 3 is 2.60 bits per heavy atom. The van der Waals surface area contributed by atoms with Crippen LogP contribution in [0.1, 0.15) is 94.6 Å². The molecule has 306 valence electrons. The van der Waals surface area contributed by atoms with Gasteiger partial charge in [-0.1, -0.05) is 25.0 Å². The molecule has 2 aromatic heterocycles. The SMILES string of the molecule is Cc1c(O)ccc2c(O[C@@H]3C[C@H]4C(=O)N[C@]5(C(=O)NS(=O)(=O)C6(C)CC6)CC5/C=C\CCCCC[C@H](NC(=O)c5ccn(C)n5)C(=O)N4C3)cc(OC(C)C)nc12. The fourth-order valence-corrected chi connectivity index (χ4v) is 8.97. The Labute approximate surface area is 331 Å². The highest BCUT2D eigenvalue weighted by atomic mass is 32.2. The molecule has 4 amide bonds. The van der Waals surface area contributed by atoms with Gasteiger partial charge in [0.2, 0.25) is 27.7 Å². The number of ether oxygens (including phenoxy) is 2. The monoisotopic (exact) mass is 805 g/mol. The van der Waals surface area contributed by atoms with E-state index in [0.29, 0.717) is 54.3 Å². The summed E-state index contributed by atoms with van der Waals surface area (Å²) in [5.74, 6) is -2.30. The van der Waals surface area contributed by atoms with Crippen molar-refractivity contribution in [3.05, 3.63) is 53.9 Å². The summed E-state index contributed by atoms with van der Waals surface area (Å²) in [6.07, 6.45) is 8.61. The largest absolute Gasteiger partial charge is 0.508 e. The van der Waals surface area contributed by atoms with E-state index in [1.165, 1.54) is 15.6 Å². The van der Waals surface area contributed by atoms with Crippen LogP contribution >= 0.6 is 0 Å². The number of aromatic hydroxyl groups is 1. The average Bonchev–Trinajstić information content (AvgIpc) is 3.95. The molecule has 1 saturated heterocycles. The molecule has 16 nitrogen and oxygen atoms in total. The summed E-state index contributed by atoms with van der Waals surface area (Å²) < 4.78 is 41.6. The molecular formula is C40H51N7O9S. The molecule has 4 N–H and O–H groups in total. The van der Waals surface area contributed by atoms with Gasteiger partial charge in [0.1, 0.15) is 40.9 Å². The van der Waals surface area contributed by atoms with Crippen LogP contribution < -0.4 is 24.8 Å². The molecule has 1 aromatic carbocycles. The van der Waals surface area contributed by atoms with E-state index in [4.69, 9.17) is 9.47 Å². The molecule has 3 aromatic rings. The van der Waals surface area contributed by atoms with Crippen molar-refractivity contribution < 1.29 is 42.2 Å². The van der Waals surface area contributed by atoms with Gasteiger partial charge in [-0.25, -0.2) is 13.4 Å². The first-order valence-electron chi connectivity index (χ1n) is 19.6. The van der Waals surface area contributed by atoms with Gasteiger partial charge in [0.15, 0.2) is 0 Å². The van der Waals surface area contributed by atoms with Crippen LogP contribution in [0, 0.1) is 12.8 Å². The zero-order valence-electron chi connectivity index (χ0n) is 32.9. The zero-order chi connectivity index (χ0) is 40.9. The summed E-state index contributed by atoms with van der Waals surface area (Å²) in [6, 6.07) is 4.23. The van der Waals surface area contributed by atoms with Crippen molar-refractivity contribution in [2.75, 3.05) is 6.54 Å². The Morgan fingerprint density at radius 1 is 1.12 bits per heavy atom. The summed E-state index contributed by atoms with van der Waals surface area (Å²) in [7, 11) is -2.33. The van der Waals surface area contributed by atoms with Gasteiger partial charge in [0.05, 0.1) is 22.9 Å². The Balaban J connectivity index is 1.23. The van der Waals surface area contributed by atoms with Gasteiger partial charge in [-0.15, -0.1) is 0 Å². The van der Waals surface area contributed by atoms with Crippen LogP contribution in [-0.2, 0) is 31.5 Å². The van der Waals surface area contributed by atoms with E-state index in [-0.39, 0.29) is 42.8 Å². The number of nitrogens with one attached hydrogen (secondary N) is 3. The molecule has 1 unspecified atom stereocenters. The molecule has 4 aliphatic rings. The molecule has 7 rings (SSSR count). The molecule has 2 saturated carbocycles. The molecule has 5 atom stereocenters. The van der Waals surface area contributed by atoms with Crippen LogP contribution in [0.2, 0.25) is 0 Å². The van der Waals surface area contributed by atoms with Crippen molar-refractivity contribution >= 4 is 44.6 Å². The number of aromatic nitrogens is 3. The van der Waals surface area contributed by atoms with Gasteiger partial charge >= 0.3 is 0 Å². The number of rotatable bonds is 9. The maximum atomic E-state index is 14.7. The summed E-state index contributed by atoms with van der Waals surface area (Å²) in [5.41, 5.74) is -0.439. The normalized spacial score (nSPS) is 26.7. The zero-order valence-corrected chi connectivity index (χ0v) is 33.7. The molecule has 0 bridgehead atoms. The first kappa shape index (κ1) is 40.0. The topological polar surface area (TPSA) is 211 Å². The number of hydrogen-bond acceptors (Lipinski definition) is 11. The third kappa shape index (κ3) is 8.16. The predicted molar refractivity (Wildman–Crippen MR) is 209 cm³/mol. The second-order valence-electron chi connectivity index (χ2n) is 16.3. The minimum absolute atomic E-state index is 0.00824. The van der Waals surface area contributed by atoms with Crippen molar-refractivity contribution in [2.24, 2.45) is 13.0 Å². The minimum atomic E-state index is -4.01. The van der Waals surface area contributed by atoms with E-state index in [2.05, 4.69) is 25.4 Å². The lowest BCUT2D eigenvalue weighted by Gasteiger charge is -2.30. The number of hydrogen-bond donors (Lipinski definition) is 4. The number of amides is 4. The predicted octanol–water partition coefficient (Wildman–Crippen LogP) is 3.31. The smallest absolute Gasteiger partial charge is 0.272 e. The number of pyridine rings is 1. The number of sulfonamides is 1.